The number of piperidine rings is 1. The van der Waals surface area contributed by atoms with Gasteiger partial charge in [0, 0.05) is 44.6 Å². The highest BCUT2D eigenvalue weighted by Crippen LogP contribution is 2.29. The lowest BCUT2D eigenvalue weighted by molar-refractivity contribution is -0.138. The van der Waals surface area contributed by atoms with Gasteiger partial charge >= 0.3 is 0 Å². The Labute approximate surface area is 193 Å². The van der Waals surface area contributed by atoms with Crippen molar-refractivity contribution in [1.29, 1.82) is 0 Å². The van der Waals surface area contributed by atoms with Crippen molar-refractivity contribution in [3.8, 4) is 5.75 Å². The summed E-state index contributed by atoms with van der Waals surface area (Å²) in [5.41, 5.74) is 1.22. The van der Waals surface area contributed by atoms with Crippen LogP contribution in [-0.2, 0) is 4.79 Å². The molecule has 2 aliphatic rings. The Morgan fingerprint density at radius 3 is 2.69 bits per heavy atom. The number of amides is 2. The molecule has 172 valence electrons. The standard InChI is InChI=1S/C23H31N5O3S/c1-3-26-11-13-27(14-12-26)21(29)17-7-6-10-28(15-17)22(30)19-16-32-23(25-19)24-18-8-4-5-9-20(18)31-2/h4-5,8-9,16-17H,3,6-7,10-15H2,1-2H3,(H,24,25). The van der Waals surface area contributed by atoms with Crippen molar-refractivity contribution in [3.05, 3.63) is 35.3 Å². The van der Waals surface area contributed by atoms with E-state index in [4.69, 9.17) is 4.74 Å². The second-order valence-electron chi connectivity index (χ2n) is 8.21. The number of carbonyl (C=O) groups excluding carboxylic acids is 2. The van der Waals surface area contributed by atoms with Gasteiger partial charge in [-0.1, -0.05) is 19.1 Å². The number of ether oxygens (including phenoxy) is 1. The molecule has 1 aromatic carbocycles. The Hall–Kier alpha value is -2.65. The van der Waals surface area contributed by atoms with Crippen molar-refractivity contribution in [2.24, 2.45) is 5.92 Å². The average Bonchev–Trinajstić information content (AvgIpc) is 3.32. The highest BCUT2D eigenvalue weighted by atomic mass is 32.1. The number of nitrogens with one attached hydrogen (secondary N) is 1. The Morgan fingerprint density at radius 1 is 1.16 bits per heavy atom. The average molecular weight is 458 g/mol. The predicted octanol–water partition coefficient (Wildman–Crippen LogP) is 2.91. The van der Waals surface area contributed by atoms with Gasteiger partial charge in [0.05, 0.1) is 18.7 Å². The number of rotatable bonds is 6. The molecule has 4 rings (SSSR count). The van der Waals surface area contributed by atoms with Crippen LogP contribution in [0.4, 0.5) is 10.8 Å². The Balaban J connectivity index is 1.37. The fourth-order valence-electron chi connectivity index (χ4n) is 4.36. The van der Waals surface area contributed by atoms with E-state index in [1.807, 2.05) is 29.2 Å². The monoisotopic (exact) mass is 457 g/mol. The normalized spacial score (nSPS) is 19.6. The SMILES string of the molecule is CCN1CCN(C(=O)C2CCCN(C(=O)c3csc(Nc4ccccc4OC)n3)C2)CC1. The van der Waals surface area contributed by atoms with E-state index in [0.717, 1.165) is 51.3 Å². The number of hydrogen-bond donors (Lipinski definition) is 1. The van der Waals surface area contributed by atoms with Crippen LogP contribution in [0.15, 0.2) is 29.6 Å². The molecule has 1 atom stereocenters. The summed E-state index contributed by atoms with van der Waals surface area (Å²) >= 11 is 1.38. The summed E-state index contributed by atoms with van der Waals surface area (Å²) in [6.45, 7) is 7.73. The first-order valence-corrected chi connectivity index (χ1v) is 12.1. The first kappa shape index (κ1) is 22.5. The van der Waals surface area contributed by atoms with E-state index in [-0.39, 0.29) is 17.7 Å². The van der Waals surface area contributed by atoms with Crippen LogP contribution in [0, 0.1) is 5.92 Å². The van der Waals surface area contributed by atoms with Crippen molar-refractivity contribution < 1.29 is 14.3 Å². The minimum atomic E-state index is -0.120. The van der Waals surface area contributed by atoms with Crippen molar-refractivity contribution in [1.82, 2.24) is 19.7 Å². The molecule has 3 heterocycles. The van der Waals surface area contributed by atoms with E-state index in [9.17, 15) is 9.59 Å². The molecule has 0 radical (unpaired) electrons. The highest BCUT2D eigenvalue weighted by molar-refractivity contribution is 7.14. The largest absolute Gasteiger partial charge is 0.495 e. The number of aromatic nitrogens is 1. The van der Waals surface area contributed by atoms with Crippen molar-refractivity contribution in [2.75, 3.05) is 58.2 Å². The van der Waals surface area contributed by atoms with Crippen LogP contribution in [0.1, 0.15) is 30.3 Å². The second kappa shape index (κ2) is 10.3. The van der Waals surface area contributed by atoms with Gasteiger partial charge in [0.1, 0.15) is 11.4 Å². The molecule has 2 fully saturated rings. The van der Waals surface area contributed by atoms with Gasteiger partial charge in [-0.05, 0) is 31.5 Å². The number of methoxy groups -OCH3 is 1. The predicted molar refractivity (Wildman–Crippen MR) is 126 cm³/mol. The molecule has 0 spiro atoms. The summed E-state index contributed by atoms with van der Waals surface area (Å²) in [6.07, 6.45) is 1.68. The zero-order valence-corrected chi connectivity index (χ0v) is 19.6. The fraction of sp³-hybridized carbons (Fsp3) is 0.522. The number of hydrogen-bond acceptors (Lipinski definition) is 7. The maximum atomic E-state index is 13.1. The number of piperazine rings is 1. The summed E-state index contributed by atoms with van der Waals surface area (Å²) in [5.74, 6) is 0.677. The molecule has 2 aliphatic heterocycles. The van der Waals surface area contributed by atoms with Gasteiger partial charge in [-0.15, -0.1) is 11.3 Å². The minimum Gasteiger partial charge on any atom is -0.495 e. The van der Waals surface area contributed by atoms with Crippen LogP contribution in [0.5, 0.6) is 5.75 Å². The lowest BCUT2D eigenvalue weighted by Crippen LogP contribution is -2.53. The van der Waals surface area contributed by atoms with Gasteiger partial charge in [-0.25, -0.2) is 4.98 Å². The molecule has 0 aliphatic carbocycles. The third-order valence-electron chi connectivity index (χ3n) is 6.26. The number of benzene rings is 1. The van der Waals surface area contributed by atoms with Crippen LogP contribution >= 0.6 is 11.3 Å². The summed E-state index contributed by atoms with van der Waals surface area (Å²) in [5, 5.41) is 5.64. The van der Waals surface area contributed by atoms with Crippen molar-refractivity contribution >= 4 is 34.0 Å². The molecule has 0 bridgehead atoms. The van der Waals surface area contributed by atoms with Gasteiger partial charge in [0.25, 0.3) is 5.91 Å². The van der Waals surface area contributed by atoms with E-state index in [1.165, 1.54) is 11.3 Å². The fourth-order valence-corrected chi connectivity index (χ4v) is 5.06. The van der Waals surface area contributed by atoms with E-state index in [2.05, 4.69) is 22.1 Å². The number of para-hydroxylation sites is 2. The molecule has 2 aromatic rings. The molecule has 9 heteroatoms. The summed E-state index contributed by atoms with van der Waals surface area (Å²) in [7, 11) is 1.62. The summed E-state index contributed by atoms with van der Waals surface area (Å²) in [4.78, 5) is 36.8. The lowest BCUT2D eigenvalue weighted by atomic mass is 9.96. The molecular formula is C23H31N5O3S. The Kier molecular flexibility index (Phi) is 7.26. The number of carbonyl (C=O) groups is 2. The summed E-state index contributed by atoms with van der Waals surface area (Å²) in [6, 6.07) is 7.59. The Bertz CT molecular complexity index is 941. The zero-order chi connectivity index (χ0) is 22.5. The highest BCUT2D eigenvalue weighted by Gasteiger charge is 2.33. The van der Waals surface area contributed by atoms with Gasteiger partial charge in [0.2, 0.25) is 5.91 Å². The third kappa shape index (κ3) is 5.05. The number of likely N-dealkylation sites (tertiary alicyclic amines) is 1. The molecule has 1 aromatic heterocycles. The van der Waals surface area contributed by atoms with Crippen LogP contribution in [0.3, 0.4) is 0 Å². The van der Waals surface area contributed by atoms with E-state index in [0.29, 0.717) is 29.7 Å². The first-order valence-electron chi connectivity index (χ1n) is 11.2. The molecule has 2 saturated heterocycles. The molecule has 8 nitrogen and oxygen atoms in total. The maximum absolute atomic E-state index is 13.1. The molecular weight excluding hydrogens is 426 g/mol. The van der Waals surface area contributed by atoms with Crippen LogP contribution < -0.4 is 10.1 Å². The first-order chi connectivity index (χ1) is 15.6. The number of thiazole rings is 1. The smallest absolute Gasteiger partial charge is 0.273 e. The van der Waals surface area contributed by atoms with Crippen molar-refractivity contribution in [2.45, 2.75) is 19.8 Å². The molecule has 1 unspecified atom stereocenters. The molecule has 0 saturated carbocycles. The quantitative estimate of drug-likeness (QED) is 0.719. The van der Waals surface area contributed by atoms with E-state index >= 15 is 0 Å². The zero-order valence-electron chi connectivity index (χ0n) is 18.7. The lowest BCUT2D eigenvalue weighted by Gasteiger charge is -2.38. The van der Waals surface area contributed by atoms with Gasteiger partial charge < -0.3 is 24.8 Å². The minimum absolute atomic E-state index is 0.109. The summed E-state index contributed by atoms with van der Waals surface area (Å²) < 4.78 is 5.36. The number of likely N-dealkylation sites (N-methyl/N-ethyl adjacent to an activating group) is 1. The second-order valence-corrected chi connectivity index (χ2v) is 9.07. The number of nitrogens with zero attached hydrogens (tertiary/aromatic N) is 4. The molecule has 1 N–H and O–H groups in total. The van der Waals surface area contributed by atoms with Crippen molar-refractivity contribution in [3.63, 3.8) is 0 Å². The van der Waals surface area contributed by atoms with E-state index in [1.54, 1.807) is 17.4 Å². The van der Waals surface area contributed by atoms with Gasteiger partial charge in [-0.2, -0.15) is 0 Å². The molecule has 2 amide bonds. The maximum Gasteiger partial charge on any atom is 0.273 e. The number of anilines is 2. The van der Waals surface area contributed by atoms with Crippen LogP contribution in [0.2, 0.25) is 0 Å². The van der Waals surface area contributed by atoms with Gasteiger partial charge in [-0.3, -0.25) is 9.59 Å². The third-order valence-corrected chi connectivity index (χ3v) is 7.02. The molecule has 32 heavy (non-hydrogen) atoms. The topological polar surface area (TPSA) is 78.0 Å². The van der Waals surface area contributed by atoms with Crippen LogP contribution in [-0.4, -0.2) is 84.4 Å². The van der Waals surface area contributed by atoms with Gasteiger partial charge in [0.15, 0.2) is 5.13 Å². The van der Waals surface area contributed by atoms with Crippen LogP contribution in [0.25, 0.3) is 0 Å². The Morgan fingerprint density at radius 2 is 1.94 bits per heavy atom. The van der Waals surface area contributed by atoms with E-state index < -0.39 is 0 Å².